The molecule has 1 N–H and O–H groups in total. The van der Waals surface area contributed by atoms with Crippen molar-refractivity contribution in [3.8, 4) is 0 Å². The first-order valence-corrected chi connectivity index (χ1v) is 14.1. The molecule has 3 heterocycles. The highest BCUT2D eigenvalue weighted by Gasteiger charge is 2.56. The van der Waals surface area contributed by atoms with Gasteiger partial charge in [-0.15, -0.1) is 0 Å². The molecule has 1 aromatic heterocycles. The Hall–Kier alpha value is -4.62. The molecular formula is C28H19FN4O6S2. The van der Waals surface area contributed by atoms with Crippen molar-refractivity contribution in [1.82, 2.24) is 4.57 Å². The fourth-order valence-electron chi connectivity index (χ4n) is 5.13. The minimum Gasteiger partial charge on any atom is -0.325 e. The molecule has 1 fully saturated rings. The number of carbonyl (C=O) groups is 3. The monoisotopic (exact) mass is 590 g/mol. The van der Waals surface area contributed by atoms with Gasteiger partial charge in [0.2, 0.25) is 17.7 Å². The lowest BCUT2D eigenvalue weighted by molar-refractivity contribution is -0.384. The predicted octanol–water partition coefficient (Wildman–Crippen LogP) is 4.39. The van der Waals surface area contributed by atoms with E-state index >= 15 is 0 Å². The molecule has 0 bridgehead atoms. The van der Waals surface area contributed by atoms with Crippen LogP contribution >= 0.6 is 23.1 Å². The Morgan fingerprint density at radius 3 is 2.29 bits per heavy atom. The number of nitro groups is 1. The van der Waals surface area contributed by atoms with Gasteiger partial charge in [-0.3, -0.25) is 33.9 Å². The van der Waals surface area contributed by atoms with Gasteiger partial charge in [-0.05, 0) is 42.0 Å². The summed E-state index contributed by atoms with van der Waals surface area (Å²) in [4.78, 5) is 65.2. The van der Waals surface area contributed by atoms with Gasteiger partial charge in [0.1, 0.15) is 17.6 Å². The molecular weight excluding hydrogens is 571 g/mol. The quantitative estimate of drug-likeness (QED) is 0.200. The van der Waals surface area contributed by atoms with Gasteiger partial charge in [-0.1, -0.05) is 53.4 Å². The van der Waals surface area contributed by atoms with Crippen molar-refractivity contribution in [1.29, 1.82) is 0 Å². The van der Waals surface area contributed by atoms with Crippen LogP contribution in [-0.2, 0) is 20.9 Å². The fraction of sp³-hybridized carbons (Fsp3) is 0.143. The summed E-state index contributed by atoms with van der Waals surface area (Å²) in [6, 6.07) is 19.4. The molecule has 3 amide bonds. The van der Waals surface area contributed by atoms with Gasteiger partial charge in [-0.25, -0.2) is 9.29 Å². The van der Waals surface area contributed by atoms with E-state index in [1.807, 2.05) is 0 Å². The second kappa shape index (κ2) is 10.4. The van der Waals surface area contributed by atoms with E-state index in [0.717, 1.165) is 28.0 Å². The molecule has 2 aliphatic rings. The van der Waals surface area contributed by atoms with Crippen LogP contribution in [0.5, 0.6) is 0 Å². The minimum absolute atomic E-state index is 0.182. The van der Waals surface area contributed by atoms with Gasteiger partial charge in [-0.2, -0.15) is 0 Å². The van der Waals surface area contributed by atoms with Gasteiger partial charge in [0.15, 0.2) is 0 Å². The van der Waals surface area contributed by atoms with E-state index in [9.17, 15) is 33.7 Å². The highest BCUT2D eigenvalue weighted by atomic mass is 32.2. The smallest absolute Gasteiger partial charge is 0.308 e. The van der Waals surface area contributed by atoms with Crippen LogP contribution in [0.3, 0.4) is 0 Å². The summed E-state index contributed by atoms with van der Waals surface area (Å²) in [5, 5.41) is 13.3. The average Bonchev–Trinajstić information content (AvgIpc) is 3.40. The van der Waals surface area contributed by atoms with Gasteiger partial charge in [0.25, 0.3) is 5.69 Å². The summed E-state index contributed by atoms with van der Waals surface area (Å²) in [6.07, 6.45) is 0. The molecule has 0 unspecified atom stereocenters. The van der Waals surface area contributed by atoms with E-state index in [1.165, 1.54) is 53.1 Å². The maximum absolute atomic E-state index is 13.8. The lowest BCUT2D eigenvalue weighted by atomic mass is 9.83. The SMILES string of the molecule is O=C(Cn1c2c(sc1=O)[C@@H](c1ccc(F)cc1)[C@@H]1C(=O)N(c3ccc([N+](=O)[O-])cc3)C(=O)[C@@H]1S2)Nc1ccccc1. The fourth-order valence-corrected chi connectivity index (χ4v) is 7.90. The van der Waals surface area contributed by atoms with E-state index in [0.29, 0.717) is 21.2 Å². The second-order valence-electron chi connectivity index (χ2n) is 9.42. The number of nitro benzene ring substituents is 1. The molecule has 13 heteroatoms. The lowest BCUT2D eigenvalue weighted by Crippen LogP contribution is -2.33. The van der Waals surface area contributed by atoms with E-state index in [1.54, 1.807) is 30.3 Å². The normalized spacial score (nSPS) is 19.5. The molecule has 1 saturated heterocycles. The minimum atomic E-state index is -0.947. The number of thiazole rings is 1. The van der Waals surface area contributed by atoms with E-state index < -0.39 is 50.4 Å². The molecule has 206 valence electrons. The van der Waals surface area contributed by atoms with Gasteiger partial charge in [0, 0.05) is 28.6 Å². The first-order chi connectivity index (χ1) is 19.7. The number of amides is 3. The highest BCUT2D eigenvalue weighted by Crippen LogP contribution is 2.53. The zero-order valence-electron chi connectivity index (χ0n) is 20.9. The number of nitrogens with one attached hydrogen (secondary N) is 1. The number of anilines is 2. The largest absolute Gasteiger partial charge is 0.325 e. The summed E-state index contributed by atoms with van der Waals surface area (Å²) in [5.74, 6) is -3.69. The Labute approximate surface area is 239 Å². The third kappa shape index (κ3) is 4.72. The molecule has 41 heavy (non-hydrogen) atoms. The van der Waals surface area contributed by atoms with Crippen molar-refractivity contribution in [2.45, 2.75) is 22.7 Å². The van der Waals surface area contributed by atoms with Crippen LogP contribution in [0, 0.1) is 21.8 Å². The number of carbonyl (C=O) groups excluding carboxylic acids is 3. The molecule has 0 saturated carbocycles. The zero-order chi connectivity index (χ0) is 28.8. The Morgan fingerprint density at radius 1 is 0.951 bits per heavy atom. The third-order valence-electron chi connectivity index (χ3n) is 6.96. The van der Waals surface area contributed by atoms with Crippen LogP contribution in [0.4, 0.5) is 21.5 Å². The number of benzene rings is 3. The van der Waals surface area contributed by atoms with Crippen LogP contribution < -0.4 is 15.1 Å². The average molecular weight is 591 g/mol. The number of para-hydroxylation sites is 1. The first-order valence-electron chi connectivity index (χ1n) is 12.4. The summed E-state index contributed by atoms with van der Waals surface area (Å²) in [6.45, 7) is -0.311. The van der Waals surface area contributed by atoms with Crippen molar-refractivity contribution in [2.24, 2.45) is 5.92 Å². The Balaban J connectivity index is 1.40. The predicted molar refractivity (Wildman–Crippen MR) is 151 cm³/mol. The second-order valence-corrected chi connectivity index (χ2v) is 11.5. The van der Waals surface area contributed by atoms with Crippen LogP contribution in [0.2, 0.25) is 0 Å². The number of rotatable bonds is 6. The standard InChI is InChI=1S/C28H19FN4O6S2/c29-16-8-6-15(7-9-16)21-22-23(26(36)32(25(22)35)18-10-12-19(13-11-18)33(38)39)40-27-24(21)41-28(37)31(27)14-20(34)30-17-4-2-1-3-5-17/h1-13,21-23H,14H2,(H,30,34)/t21-,22-,23+/m0/s1. The molecule has 10 nitrogen and oxygen atoms in total. The number of halogens is 1. The summed E-state index contributed by atoms with van der Waals surface area (Å²) >= 11 is 1.92. The van der Waals surface area contributed by atoms with Crippen molar-refractivity contribution in [3.63, 3.8) is 0 Å². The van der Waals surface area contributed by atoms with E-state index in [-0.39, 0.29) is 17.9 Å². The molecule has 2 aliphatic heterocycles. The number of thioether (sulfide) groups is 1. The van der Waals surface area contributed by atoms with Crippen LogP contribution in [0.25, 0.3) is 0 Å². The van der Waals surface area contributed by atoms with Gasteiger partial charge in [0.05, 0.1) is 21.6 Å². The zero-order valence-corrected chi connectivity index (χ0v) is 22.6. The van der Waals surface area contributed by atoms with Crippen LogP contribution in [-0.4, -0.2) is 32.5 Å². The number of aromatic nitrogens is 1. The molecule has 0 spiro atoms. The Kier molecular flexibility index (Phi) is 6.75. The number of hydrogen-bond acceptors (Lipinski definition) is 8. The summed E-state index contributed by atoms with van der Waals surface area (Å²) in [5.41, 5.74) is 1.09. The lowest BCUT2D eigenvalue weighted by Gasteiger charge is -2.30. The molecule has 0 radical (unpaired) electrons. The molecule has 0 aliphatic carbocycles. The van der Waals surface area contributed by atoms with Crippen molar-refractivity contribution >= 4 is 57.9 Å². The van der Waals surface area contributed by atoms with Crippen molar-refractivity contribution in [2.75, 3.05) is 10.2 Å². The number of nitrogens with zero attached hydrogens (tertiary/aromatic N) is 3. The summed E-state index contributed by atoms with van der Waals surface area (Å²) < 4.78 is 15.1. The molecule has 3 aromatic carbocycles. The van der Waals surface area contributed by atoms with Crippen LogP contribution in [0.15, 0.2) is 88.7 Å². The maximum atomic E-state index is 13.8. The molecule has 6 rings (SSSR count). The number of imide groups is 1. The van der Waals surface area contributed by atoms with Crippen molar-refractivity contribution in [3.05, 3.63) is 115 Å². The topological polar surface area (TPSA) is 132 Å². The first kappa shape index (κ1) is 26.6. The Morgan fingerprint density at radius 2 is 1.63 bits per heavy atom. The van der Waals surface area contributed by atoms with Crippen LogP contribution in [0.1, 0.15) is 16.4 Å². The van der Waals surface area contributed by atoms with Gasteiger partial charge < -0.3 is 5.32 Å². The van der Waals surface area contributed by atoms with E-state index in [4.69, 9.17) is 0 Å². The van der Waals surface area contributed by atoms with Gasteiger partial charge >= 0.3 is 4.87 Å². The number of non-ortho nitro benzene ring substituents is 1. The number of fused-ring (bicyclic) bond motifs is 2. The molecule has 4 aromatic rings. The highest BCUT2D eigenvalue weighted by molar-refractivity contribution is 8.00. The van der Waals surface area contributed by atoms with Crippen molar-refractivity contribution < 1.29 is 23.7 Å². The third-order valence-corrected chi connectivity index (χ3v) is 9.56. The molecule has 3 atom stereocenters. The number of hydrogen-bond donors (Lipinski definition) is 1. The Bertz CT molecular complexity index is 1760. The summed E-state index contributed by atoms with van der Waals surface area (Å²) in [7, 11) is 0. The maximum Gasteiger partial charge on any atom is 0.308 e. The van der Waals surface area contributed by atoms with E-state index in [2.05, 4.69) is 5.32 Å².